The smallest absolute Gasteiger partial charge is 0.122 e. The zero-order valence-electron chi connectivity index (χ0n) is 14.2. The van der Waals surface area contributed by atoms with Gasteiger partial charge in [-0.1, -0.05) is 20.3 Å². The molecule has 2 unspecified atom stereocenters. The van der Waals surface area contributed by atoms with Crippen LogP contribution in [-0.2, 0) is 5.60 Å². The molecule has 1 saturated carbocycles. The third-order valence-corrected chi connectivity index (χ3v) is 5.28. The first-order valence-electron chi connectivity index (χ1n) is 8.25. The fraction of sp³-hybridized carbons (Fsp3) is 0.684. The molecule has 1 aromatic rings. The minimum absolute atomic E-state index is 0.662. The highest BCUT2D eigenvalue weighted by Gasteiger charge is 2.34. The molecule has 2 nitrogen and oxygen atoms in total. The molecule has 1 aliphatic carbocycles. The molecule has 1 aliphatic rings. The summed E-state index contributed by atoms with van der Waals surface area (Å²) in [6, 6.07) is 4.19. The van der Waals surface area contributed by atoms with Crippen LogP contribution >= 0.6 is 0 Å². The largest absolute Gasteiger partial charge is 0.496 e. The monoisotopic (exact) mass is 290 g/mol. The number of hydrogen-bond donors (Lipinski definition) is 1. The second kappa shape index (κ2) is 6.39. The summed E-state index contributed by atoms with van der Waals surface area (Å²) in [5, 5.41) is 11.3. The summed E-state index contributed by atoms with van der Waals surface area (Å²) in [6.45, 7) is 8.74. The maximum absolute atomic E-state index is 11.3. The van der Waals surface area contributed by atoms with Crippen molar-refractivity contribution in [2.75, 3.05) is 7.11 Å². The van der Waals surface area contributed by atoms with Gasteiger partial charge < -0.3 is 9.84 Å². The Morgan fingerprint density at radius 3 is 2.48 bits per heavy atom. The van der Waals surface area contributed by atoms with Gasteiger partial charge in [0.1, 0.15) is 5.75 Å². The van der Waals surface area contributed by atoms with Gasteiger partial charge in [-0.15, -0.1) is 0 Å². The van der Waals surface area contributed by atoms with Gasteiger partial charge in [-0.05, 0) is 80.2 Å². The van der Waals surface area contributed by atoms with Crippen LogP contribution in [0.2, 0.25) is 0 Å². The fourth-order valence-electron chi connectivity index (χ4n) is 3.80. The third-order valence-electron chi connectivity index (χ3n) is 5.28. The SMILES string of the molecule is COc1cc(C)c(C2(O)CCCC(C(C)C)CC2)cc1C. The molecule has 0 bridgehead atoms. The zero-order valence-corrected chi connectivity index (χ0v) is 14.2. The van der Waals surface area contributed by atoms with Crippen molar-refractivity contribution >= 4 is 0 Å². The van der Waals surface area contributed by atoms with Crippen molar-refractivity contribution in [2.24, 2.45) is 11.8 Å². The topological polar surface area (TPSA) is 29.5 Å². The Morgan fingerprint density at radius 1 is 1.14 bits per heavy atom. The average molecular weight is 290 g/mol. The van der Waals surface area contributed by atoms with E-state index in [0.717, 1.165) is 54.0 Å². The summed E-state index contributed by atoms with van der Waals surface area (Å²) >= 11 is 0. The lowest BCUT2D eigenvalue weighted by atomic mass is 9.82. The van der Waals surface area contributed by atoms with E-state index < -0.39 is 5.60 Å². The maximum Gasteiger partial charge on any atom is 0.122 e. The molecule has 0 aliphatic heterocycles. The van der Waals surface area contributed by atoms with Gasteiger partial charge in [-0.25, -0.2) is 0 Å². The fourth-order valence-corrected chi connectivity index (χ4v) is 3.80. The molecule has 0 aromatic heterocycles. The summed E-state index contributed by atoms with van der Waals surface area (Å²) in [4.78, 5) is 0. The lowest BCUT2D eigenvalue weighted by molar-refractivity contribution is 0.0184. The molecule has 0 spiro atoms. The highest BCUT2D eigenvalue weighted by Crippen LogP contribution is 2.42. The Labute approximate surface area is 129 Å². The number of aryl methyl sites for hydroxylation is 2. The third kappa shape index (κ3) is 3.42. The van der Waals surface area contributed by atoms with E-state index in [-0.39, 0.29) is 0 Å². The Bertz CT molecular complexity index is 493. The van der Waals surface area contributed by atoms with Gasteiger partial charge >= 0.3 is 0 Å². The van der Waals surface area contributed by atoms with Crippen LogP contribution in [0.3, 0.4) is 0 Å². The van der Waals surface area contributed by atoms with Crippen LogP contribution in [0.25, 0.3) is 0 Å². The molecule has 0 amide bonds. The second-order valence-electron chi connectivity index (χ2n) is 7.10. The normalized spacial score (nSPS) is 26.7. The van der Waals surface area contributed by atoms with Gasteiger partial charge in [0.05, 0.1) is 12.7 Å². The molecule has 2 rings (SSSR count). The molecule has 21 heavy (non-hydrogen) atoms. The van der Waals surface area contributed by atoms with E-state index in [9.17, 15) is 5.11 Å². The predicted molar refractivity (Wildman–Crippen MR) is 87.8 cm³/mol. The number of methoxy groups -OCH3 is 1. The standard InChI is InChI=1S/C19H30O2/c1-13(2)16-7-6-9-19(20,10-8-16)17-11-15(4)18(21-5)12-14(17)3/h11-13,16,20H,6-10H2,1-5H3. The lowest BCUT2D eigenvalue weighted by Crippen LogP contribution is -2.26. The van der Waals surface area contributed by atoms with Gasteiger partial charge in [-0.2, -0.15) is 0 Å². The van der Waals surface area contributed by atoms with E-state index in [4.69, 9.17) is 4.74 Å². The van der Waals surface area contributed by atoms with Crippen LogP contribution in [0.15, 0.2) is 12.1 Å². The Morgan fingerprint density at radius 2 is 1.86 bits per heavy atom. The van der Waals surface area contributed by atoms with Gasteiger partial charge in [-0.3, -0.25) is 0 Å². The Balaban J connectivity index is 2.29. The lowest BCUT2D eigenvalue weighted by Gasteiger charge is -2.30. The van der Waals surface area contributed by atoms with Gasteiger partial charge in [0.25, 0.3) is 0 Å². The van der Waals surface area contributed by atoms with E-state index in [1.807, 2.05) is 0 Å². The van der Waals surface area contributed by atoms with Crippen LogP contribution in [0.4, 0.5) is 0 Å². The highest BCUT2D eigenvalue weighted by atomic mass is 16.5. The van der Waals surface area contributed by atoms with E-state index in [0.29, 0.717) is 5.92 Å². The van der Waals surface area contributed by atoms with Crippen molar-refractivity contribution in [3.05, 3.63) is 28.8 Å². The van der Waals surface area contributed by atoms with Crippen molar-refractivity contribution in [2.45, 2.75) is 65.4 Å². The minimum atomic E-state index is -0.662. The van der Waals surface area contributed by atoms with E-state index >= 15 is 0 Å². The first-order valence-corrected chi connectivity index (χ1v) is 8.25. The predicted octanol–water partition coefficient (Wildman–Crippen LogP) is 4.74. The Hall–Kier alpha value is -1.02. The van der Waals surface area contributed by atoms with Crippen molar-refractivity contribution in [1.82, 2.24) is 0 Å². The number of hydrogen-bond acceptors (Lipinski definition) is 2. The minimum Gasteiger partial charge on any atom is -0.496 e. The van der Waals surface area contributed by atoms with Crippen LogP contribution in [0, 0.1) is 25.7 Å². The van der Waals surface area contributed by atoms with Crippen LogP contribution in [-0.4, -0.2) is 12.2 Å². The summed E-state index contributed by atoms with van der Waals surface area (Å²) in [5.74, 6) is 2.37. The maximum atomic E-state index is 11.3. The molecular formula is C19H30O2. The van der Waals surface area contributed by atoms with Crippen molar-refractivity contribution < 1.29 is 9.84 Å². The van der Waals surface area contributed by atoms with E-state index in [2.05, 4.69) is 39.8 Å². The van der Waals surface area contributed by atoms with Crippen LogP contribution in [0.1, 0.15) is 62.6 Å². The molecule has 2 heteroatoms. The van der Waals surface area contributed by atoms with Gasteiger partial charge in [0.15, 0.2) is 0 Å². The molecule has 0 saturated heterocycles. The average Bonchev–Trinajstić information content (AvgIpc) is 2.63. The van der Waals surface area contributed by atoms with Gasteiger partial charge in [0.2, 0.25) is 0 Å². The van der Waals surface area contributed by atoms with Crippen molar-refractivity contribution in [3.8, 4) is 5.75 Å². The molecule has 118 valence electrons. The quantitative estimate of drug-likeness (QED) is 0.815. The van der Waals surface area contributed by atoms with E-state index in [1.54, 1.807) is 7.11 Å². The summed E-state index contributed by atoms with van der Waals surface area (Å²) < 4.78 is 5.39. The molecule has 0 radical (unpaired) electrons. The number of benzene rings is 1. The van der Waals surface area contributed by atoms with E-state index in [1.165, 1.54) is 6.42 Å². The molecule has 1 aromatic carbocycles. The number of aliphatic hydroxyl groups is 1. The number of rotatable bonds is 3. The first kappa shape index (κ1) is 16.4. The highest BCUT2D eigenvalue weighted by molar-refractivity contribution is 5.44. The Kier molecular flexibility index (Phi) is 4.98. The molecular weight excluding hydrogens is 260 g/mol. The van der Waals surface area contributed by atoms with Crippen LogP contribution in [0.5, 0.6) is 5.75 Å². The van der Waals surface area contributed by atoms with Crippen molar-refractivity contribution in [1.29, 1.82) is 0 Å². The van der Waals surface area contributed by atoms with Gasteiger partial charge in [0, 0.05) is 0 Å². The molecule has 1 fully saturated rings. The second-order valence-corrected chi connectivity index (χ2v) is 7.10. The van der Waals surface area contributed by atoms with Crippen molar-refractivity contribution in [3.63, 3.8) is 0 Å². The summed E-state index contributed by atoms with van der Waals surface area (Å²) in [7, 11) is 1.70. The van der Waals surface area contributed by atoms with Crippen LogP contribution < -0.4 is 4.74 Å². The molecule has 2 atom stereocenters. The summed E-state index contributed by atoms with van der Waals surface area (Å²) in [6.07, 6.45) is 5.24. The molecule has 1 N–H and O–H groups in total. The molecule has 0 heterocycles. The summed E-state index contributed by atoms with van der Waals surface area (Å²) in [5.41, 5.74) is 2.69. The zero-order chi connectivity index (χ0) is 15.6. The number of ether oxygens (including phenoxy) is 1. The first-order chi connectivity index (χ1) is 9.87.